The molecule has 4 heteroatoms. The van der Waals surface area contributed by atoms with Crippen molar-refractivity contribution in [2.24, 2.45) is 17.8 Å². The van der Waals surface area contributed by atoms with Gasteiger partial charge in [0.05, 0.1) is 12.5 Å². The van der Waals surface area contributed by atoms with E-state index in [-0.39, 0.29) is 28.2 Å². The van der Waals surface area contributed by atoms with Crippen molar-refractivity contribution in [3.8, 4) is 0 Å². The predicted octanol–water partition coefficient (Wildman–Crippen LogP) is 3.97. The van der Waals surface area contributed by atoms with E-state index in [1.165, 1.54) is 5.56 Å². The van der Waals surface area contributed by atoms with Gasteiger partial charge in [-0.05, 0) is 36.8 Å². The minimum Gasteiger partial charge on any atom is -0.466 e. The van der Waals surface area contributed by atoms with E-state index in [2.05, 4.69) is 12.1 Å². The van der Waals surface area contributed by atoms with Gasteiger partial charge in [0.1, 0.15) is 4.49 Å². The van der Waals surface area contributed by atoms with Crippen molar-refractivity contribution in [1.29, 1.82) is 0 Å². The number of benzene rings is 1. The quantitative estimate of drug-likeness (QED) is 0.769. The number of ether oxygens (including phenoxy) is 1. The van der Waals surface area contributed by atoms with Gasteiger partial charge < -0.3 is 4.74 Å². The molecule has 3 unspecified atom stereocenters. The first kappa shape index (κ1) is 14.4. The number of rotatable bonds is 5. The van der Waals surface area contributed by atoms with Crippen molar-refractivity contribution < 1.29 is 9.53 Å². The molecule has 0 aromatic heterocycles. The number of hydrogen-bond donors (Lipinski definition) is 0. The van der Waals surface area contributed by atoms with Crippen molar-refractivity contribution in [3.63, 3.8) is 0 Å². The summed E-state index contributed by atoms with van der Waals surface area (Å²) < 4.78 is 5.31. The highest BCUT2D eigenvalue weighted by atomic mass is 35.5. The summed E-state index contributed by atoms with van der Waals surface area (Å²) in [5, 5.41) is 0. The lowest BCUT2D eigenvalue weighted by molar-refractivity contribution is -0.145. The third-order valence-electron chi connectivity index (χ3n) is 3.42. The molecule has 19 heavy (non-hydrogen) atoms. The van der Waals surface area contributed by atoms with Crippen LogP contribution in [0.1, 0.15) is 12.5 Å². The van der Waals surface area contributed by atoms with Crippen molar-refractivity contribution in [1.82, 2.24) is 0 Å². The Morgan fingerprint density at radius 3 is 2.58 bits per heavy atom. The second kappa shape index (κ2) is 6.44. The summed E-state index contributed by atoms with van der Waals surface area (Å²) in [6, 6.07) is 10.1. The normalized spacial score (nSPS) is 24.7. The standard InChI is InChI=1S/C15H16Cl2O2/c1-2-19-15(18)14-11(12(14)9-13(16)17)8-10-6-4-3-5-7-10/h3-7,9,11-12,14H,2,8H2,1H3. The van der Waals surface area contributed by atoms with Crippen LogP contribution in [0.15, 0.2) is 40.9 Å². The molecule has 1 aliphatic carbocycles. The van der Waals surface area contributed by atoms with Crippen LogP contribution in [-0.4, -0.2) is 12.6 Å². The van der Waals surface area contributed by atoms with Gasteiger partial charge in [-0.25, -0.2) is 0 Å². The number of hydrogen-bond acceptors (Lipinski definition) is 2. The predicted molar refractivity (Wildman–Crippen MR) is 77.0 cm³/mol. The van der Waals surface area contributed by atoms with Gasteiger partial charge in [0.25, 0.3) is 0 Å². The van der Waals surface area contributed by atoms with Gasteiger partial charge in [-0.3, -0.25) is 4.79 Å². The molecule has 0 bridgehead atoms. The molecule has 0 radical (unpaired) electrons. The molecular formula is C15H16Cl2O2. The number of esters is 1. The molecule has 2 rings (SSSR count). The molecule has 102 valence electrons. The van der Waals surface area contributed by atoms with E-state index in [1.54, 1.807) is 6.08 Å². The minimum absolute atomic E-state index is 0.0873. The Balaban J connectivity index is 2.05. The highest BCUT2D eigenvalue weighted by Crippen LogP contribution is 2.51. The Kier molecular flexibility index (Phi) is 4.89. The molecule has 0 heterocycles. The smallest absolute Gasteiger partial charge is 0.309 e. The van der Waals surface area contributed by atoms with Crippen LogP contribution in [0.3, 0.4) is 0 Å². The Hall–Kier alpha value is -0.990. The maximum Gasteiger partial charge on any atom is 0.309 e. The molecule has 1 fully saturated rings. The monoisotopic (exact) mass is 298 g/mol. The Morgan fingerprint density at radius 2 is 2.00 bits per heavy atom. The van der Waals surface area contributed by atoms with E-state index < -0.39 is 0 Å². The Morgan fingerprint density at radius 1 is 1.32 bits per heavy atom. The van der Waals surface area contributed by atoms with Crippen LogP contribution in [0.4, 0.5) is 0 Å². The van der Waals surface area contributed by atoms with Crippen LogP contribution in [-0.2, 0) is 16.0 Å². The van der Waals surface area contributed by atoms with Gasteiger partial charge in [-0.15, -0.1) is 0 Å². The lowest BCUT2D eigenvalue weighted by Crippen LogP contribution is -2.08. The van der Waals surface area contributed by atoms with E-state index >= 15 is 0 Å². The molecule has 3 atom stereocenters. The van der Waals surface area contributed by atoms with Gasteiger partial charge >= 0.3 is 5.97 Å². The number of carbonyl (C=O) groups is 1. The number of allylic oxidation sites excluding steroid dienone is 1. The van der Waals surface area contributed by atoms with Gasteiger partial charge in [-0.1, -0.05) is 53.5 Å². The van der Waals surface area contributed by atoms with Gasteiger partial charge in [0.2, 0.25) is 0 Å². The third-order valence-corrected chi connectivity index (χ3v) is 3.67. The van der Waals surface area contributed by atoms with E-state index in [4.69, 9.17) is 27.9 Å². The molecule has 0 spiro atoms. The van der Waals surface area contributed by atoms with Crippen molar-refractivity contribution in [2.75, 3.05) is 6.61 Å². The van der Waals surface area contributed by atoms with E-state index in [1.807, 2.05) is 25.1 Å². The molecule has 1 saturated carbocycles. The molecule has 0 saturated heterocycles. The third kappa shape index (κ3) is 3.74. The maximum atomic E-state index is 11.9. The van der Waals surface area contributed by atoms with E-state index in [0.29, 0.717) is 6.61 Å². The molecule has 0 amide bonds. The molecule has 1 aromatic carbocycles. The Labute approximate surface area is 123 Å². The molecule has 1 aromatic rings. The molecule has 0 aliphatic heterocycles. The zero-order valence-corrected chi connectivity index (χ0v) is 12.2. The molecule has 1 aliphatic rings. The van der Waals surface area contributed by atoms with Gasteiger partial charge in [0.15, 0.2) is 0 Å². The first-order chi connectivity index (χ1) is 9.13. The maximum absolute atomic E-state index is 11.9. The van der Waals surface area contributed by atoms with Gasteiger partial charge in [-0.2, -0.15) is 0 Å². The second-order valence-electron chi connectivity index (χ2n) is 4.67. The van der Waals surface area contributed by atoms with Crippen molar-refractivity contribution in [3.05, 3.63) is 46.5 Å². The first-order valence-corrected chi connectivity index (χ1v) is 7.12. The largest absolute Gasteiger partial charge is 0.466 e. The topological polar surface area (TPSA) is 26.3 Å². The first-order valence-electron chi connectivity index (χ1n) is 6.37. The molecular weight excluding hydrogens is 283 g/mol. The van der Waals surface area contributed by atoms with Crippen molar-refractivity contribution in [2.45, 2.75) is 13.3 Å². The van der Waals surface area contributed by atoms with Crippen LogP contribution in [0.5, 0.6) is 0 Å². The summed E-state index contributed by atoms with van der Waals surface area (Å²) in [6.07, 6.45) is 2.59. The van der Waals surface area contributed by atoms with Crippen LogP contribution in [0, 0.1) is 17.8 Å². The highest BCUT2D eigenvalue weighted by Gasteiger charge is 2.54. The summed E-state index contributed by atoms with van der Waals surface area (Å²) in [6.45, 7) is 2.21. The summed E-state index contributed by atoms with van der Waals surface area (Å²) >= 11 is 11.4. The van der Waals surface area contributed by atoms with Crippen LogP contribution in [0.25, 0.3) is 0 Å². The van der Waals surface area contributed by atoms with E-state index in [0.717, 1.165) is 6.42 Å². The Bertz CT molecular complexity index is 466. The second-order valence-corrected chi connectivity index (χ2v) is 5.67. The summed E-state index contributed by atoms with van der Waals surface area (Å²) in [7, 11) is 0. The summed E-state index contributed by atoms with van der Waals surface area (Å²) in [5.41, 5.74) is 1.21. The van der Waals surface area contributed by atoms with Crippen molar-refractivity contribution >= 4 is 29.2 Å². The minimum atomic E-state index is -0.153. The fourth-order valence-corrected chi connectivity index (χ4v) is 2.78. The zero-order valence-electron chi connectivity index (χ0n) is 10.7. The summed E-state index contributed by atoms with van der Waals surface area (Å²) in [5.74, 6) is 0.0464. The van der Waals surface area contributed by atoms with Crippen LogP contribution >= 0.6 is 23.2 Å². The lowest BCUT2D eigenvalue weighted by Gasteiger charge is -2.01. The zero-order chi connectivity index (χ0) is 13.8. The fraction of sp³-hybridized carbons (Fsp3) is 0.400. The summed E-state index contributed by atoms with van der Waals surface area (Å²) in [4.78, 5) is 11.9. The molecule has 0 N–H and O–H groups in total. The van der Waals surface area contributed by atoms with E-state index in [9.17, 15) is 4.79 Å². The van der Waals surface area contributed by atoms with Crippen LogP contribution < -0.4 is 0 Å². The fourth-order valence-electron chi connectivity index (χ4n) is 2.49. The lowest BCUT2D eigenvalue weighted by atomic mass is 10.1. The average molecular weight is 299 g/mol. The number of halogens is 2. The highest BCUT2D eigenvalue weighted by molar-refractivity contribution is 6.55. The SMILES string of the molecule is CCOC(=O)C1C(C=C(Cl)Cl)C1Cc1ccccc1. The van der Waals surface area contributed by atoms with Gasteiger partial charge in [0, 0.05) is 0 Å². The number of carbonyl (C=O) groups excluding carboxylic acids is 1. The average Bonchev–Trinajstić information content (AvgIpc) is 3.02. The van der Waals surface area contributed by atoms with Crippen LogP contribution in [0.2, 0.25) is 0 Å². The molecule has 2 nitrogen and oxygen atoms in total.